The summed E-state index contributed by atoms with van der Waals surface area (Å²) >= 11 is 1.65. The monoisotopic (exact) mass is 370 g/mol. The molecule has 6 heteroatoms. The first-order chi connectivity index (χ1) is 13.4. The smallest absolute Gasteiger partial charge is 0.179 e. The first-order valence-corrected chi connectivity index (χ1v) is 9.33. The Kier molecular flexibility index (Phi) is 3.88. The highest BCUT2D eigenvalue weighted by atomic mass is 32.1. The SMILES string of the molecule is c1ccc(-c2nc(-c3ccc[nH]3)c(-c3cccs3)c(-c3ccco3)n2)nc1. The van der Waals surface area contributed by atoms with E-state index < -0.39 is 0 Å². The van der Waals surface area contributed by atoms with Gasteiger partial charge in [0.15, 0.2) is 11.6 Å². The van der Waals surface area contributed by atoms with E-state index >= 15 is 0 Å². The Morgan fingerprint density at radius 1 is 0.889 bits per heavy atom. The maximum atomic E-state index is 5.71. The highest BCUT2D eigenvalue weighted by molar-refractivity contribution is 7.13. The fourth-order valence-corrected chi connectivity index (χ4v) is 3.76. The van der Waals surface area contributed by atoms with Crippen LogP contribution in [-0.4, -0.2) is 19.9 Å². The van der Waals surface area contributed by atoms with E-state index in [1.165, 1.54) is 0 Å². The number of hydrogen-bond acceptors (Lipinski definition) is 5. The Bertz CT molecular complexity index is 1090. The van der Waals surface area contributed by atoms with Crippen molar-refractivity contribution in [2.24, 2.45) is 0 Å². The number of rotatable bonds is 4. The molecule has 0 aliphatic heterocycles. The fourth-order valence-electron chi connectivity index (χ4n) is 2.99. The van der Waals surface area contributed by atoms with Crippen molar-refractivity contribution in [2.45, 2.75) is 0 Å². The number of pyridine rings is 1. The summed E-state index contributed by atoms with van der Waals surface area (Å²) in [5.41, 5.74) is 4.16. The number of nitrogens with one attached hydrogen (secondary N) is 1. The largest absolute Gasteiger partial charge is 0.463 e. The van der Waals surface area contributed by atoms with Gasteiger partial charge < -0.3 is 9.40 Å². The summed E-state index contributed by atoms with van der Waals surface area (Å²) in [7, 11) is 0. The van der Waals surface area contributed by atoms with E-state index in [2.05, 4.69) is 16.0 Å². The van der Waals surface area contributed by atoms with Gasteiger partial charge in [0.25, 0.3) is 0 Å². The standard InChI is InChI=1S/C21H14N4OS/c1-2-10-23-15(6-1)21-24-19(14-7-3-11-22-14)18(17-9-5-13-27-17)20(25-21)16-8-4-12-26-16/h1-13,22H. The van der Waals surface area contributed by atoms with E-state index in [-0.39, 0.29) is 0 Å². The summed E-state index contributed by atoms with van der Waals surface area (Å²) in [6.45, 7) is 0. The third-order valence-corrected chi connectivity index (χ3v) is 5.07. The summed E-state index contributed by atoms with van der Waals surface area (Å²) in [5.74, 6) is 1.26. The molecule has 0 bridgehead atoms. The van der Waals surface area contributed by atoms with Crippen molar-refractivity contribution < 1.29 is 4.42 Å². The van der Waals surface area contributed by atoms with E-state index in [0.717, 1.165) is 33.2 Å². The summed E-state index contributed by atoms with van der Waals surface area (Å²) in [5, 5.41) is 2.05. The molecule has 0 radical (unpaired) electrons. The summed E-state index contributed by atoms with van der Waals surface area (Å²) in [4.78, 5) is 18.5. The third kappa shape index (κ3) is 2.86. The number of H-pyrrole nitrogens is 1. The van der Waals surface area contributed by atoms with E-state index in [9.17, 15) is 0 Å². The van der Waals surface area contributed by atoms with Crippen LogP contribution in [0, 0.1) is 0 Å². The van der Waals surface area contributed by atoms with Gasteiger partial charge in [0.2, 0.25) is 0 Å². The Labute approximate surface area is 159 Å². The molecule has 5 aromatic heterocycles. The van der Waals surface area contributed by atoms with Gasteiger partial charge >= 0.3 is 0 Å². The number of hydrogen-bond donors (Lipinski definition) is 1. The number of aromatic nitrogens is 4. The molecule has 1 N–H and O–H groups in total. The van der Waals surface area contributed by atoms with Crippen LogP contribution in [0.5, 0.6) is 0 Å². The van der Waals surface area contributed by atoms with Crippen LogP contribution in [-0.2, 0) is 0 Å². The van der Waals surface area contributed by atoms with Crippen LogP contribution in [0.25, 0.3) is 44.8 Å². The maximum absolute atomic E-state index is 5.71. The Balaban J connectivity index is 1.86. The predicted molar refractivity (Wildman–Crippen MR) is 106 cm³/mol. The first kappa shape index (κ1) is 15.7. The summed E-state index contributed by atoms with van der Waals surface area (Å²) in [6, 6.07) is 17.6. The second-order valence-electron chi connectivity index (χ2n) is 5.87. The van der Waals surface area contributed by atoms with Crippen molar-refractivity contribution in [1.29, 1.82) is 0 Å². The molecule has 0 fully saturated rings. The minimum absolute atomic E-state index is 0.562. The van der Waals surface area contributed by atoms with Gasteiger partial charge in [-0.1, -0.05) is 12.1 Å². The van der Waals surface area contributed by atoms with Gasteiger partial charge in [-0.2, -0.15) is 0 Å². The molecule has 5 aromatic rings. The van der Waals surface area contributed by atoms with Crippen LogP contribution in [0.1, 0.15) is 0 Å². The molecule has 5 nitrogen and oxygen atoms in total. The van der Waals surface area contributed by atoms with Gasteiger partial charge in [0, 0.05) is 22.8 Å². The van der Waals surface area contributed by atoms with Crippen LogP contribution >= 0.6 is 11.3 Å². The lowest BCUT2D eigenvalue weighted by molar-refractivity contribution is 0.580. The summed E-state index contributed by atoms with van der Waals surface area (Å²) < 4.78 is 5.71. The first-order valence-electron chi connectivity index (χ1n) is 8.45. The molecule has 0 unspecified atom stereocenters. The van der Waals surface area contributed by atoms with Crippen LogP contribution < -0.4 is 0 Å². The van der Waals surface area contributed by atoms with Gasteiger partial charge in [0.05, 0.1) is 12.0 Å². The average molecular weight is 370 g/mol. The Morgan fingerprint density at radius 2 is 1.85 bits per heavy atom. The highest BCUT2D eigenvalue weighted by Gasteiger charge is 2.22. The molecule has 0 spiro atoms. The van der Waals surface area contributed by atoms with Crippen LogP contribution in [0.3, 0.4) is 0 Å². The Morgan fingerprint density at radius 3 is 2.56 bits per heavy atom. The lowest BCUT2D eigenvalue weighted by atomic mass is 10.0. The second kappa shape index (κ2) is 6.66. The zero-order chi connectivity index (χ0) is 18.1. The molecular weight excluding hydrogens is 356 g/mol. The molecule has 130 valence electrons. The van der Waals surface area contributed by atoms with Crippen molar-refractivity contribution in [1.82, 2.24) is 19.9 Å². The Hall–Kier alpha value is -3.51. The molecule has 0 amide bonds. The van der Waals surface area contributed by atoms with Gasteiger partial charge in [-0.25, -0.2) is 9.97 Å². The van der Waals surface area contributed by atoms with E-state index in [0.29, 0.717) is 11.6 Å². The van der Waals surface area contributed by atoms with Crippen LogP contribution in [0.4, 0.5) is 0 Å². The molecule has 0 aromatic carbocycles. The molecule has 0 atom stereocenters. The van der Waals surface area contributed by atoms with Crippen molar-refractivity contribution in [3.05, 3.63) is 78.6 Å². The number of nitrogens with zero attached hydrogens (tertiary/aromatic N) is 3. The van der Waals surface area contributed by atoms with Crippen molar-refractivity contribution >= 4 is 11.3 Å². The van der Waals surface area contributed by atoms with Crippen LogP contribution in [0.15, 0.2) is 83.1 Å². The van der Waals surface area contributed by atoms with Crippen molar-refractivity contribution in [3.8, 4) is 44.8 Å². The fraction of sp³-hybridized carbons (Fsp3) is 0. The lowest BCUT2D eigenvalue weighted by Crippen LogP contribution is -2.00. The van der Waals surface area contributed by atoms with Gasteiger partial charge in [-0.15, -0.1) is 11.3 Å². The molecule has 0 aliphatic carbocycles. The number of aromatic amines is 1. The second-order valence-corrected chi connectivity index (χ2v) is 6.82. The highest BCUT2D eigenvalue weighted by Crippen LogP contribution is 2.40. The summed E-state index contributed by atoms with van der Waals surface area (Å²) in [6.07, 6.45) is 5.29. The minimum atomic E-state index is 0.562. The third-order valence-electron chi connectivity index (χ3n) is 4.18. The number of thiophene rings is 1. The molecule has 0 aliphatic rings. The quantitative estimate of drug-likeness (QED) is 0.452. The van der Waals surface area contributed by atoms with Crippen LogP contribution in [0.2, 0.25) is 0 Å². The molecule has 0 saturated carbocycles. The van der Waals surface area contributed by atoms with E-state index in [1.807, 2.05) is 60.1 Å². The van der Waals surface area contributed by atoms with E-state index in [4.69, 9.17) is 14.4 Å². The zero-order valence-corrected chi connectivity index (χ0v) is 15.0. The minimum Gasteiger partial charge on any atom is -0.463 e. The van der Waals surface area contributed by atoms with Gasteiger partial charge in [-0.05, 0) is 47.8 Å². The number of furan rings is 1. The van der Waals surface area contributed by atoms with Gasteiger partial charge in [0.1, 0.15) is 17.1 Å². The maximum Gasteiger partial charge on any atom is 0.179 e. The van der Waals surface area contributed by atoms with Crippen molar-refractivity contribution in [2.75, 3.05) is 0 Å². The topological polar surface area (TPSA) is 67.6 Å². The molecule has 5 rings (SSSR count). The van der Waals surface area contributed by atoms with Gasteiger partial charge in [-0.3, -0.25) is 4.98 Å². The zero-order valence-electron chi connectivity index (χ0n) is 14.2. The lowest BCUT2D eigenvalue weighted by Gasteiger charge is -2.13. The predicted octanol–water partition coefficient (Wildman–Crippen LogP) is 5.52. The van der Waals surface area contributed by atoms with Crippen molar-refractivity contribution in [3.63, 3.8) is 0 Å². The molecule has 0 saturated heterocycles. The van der Waals surface area contributed by atoms with E-state index in [1.54, 1.807) is 23.8 Å². The molecule has 5 heterocycles. The average Bonchev–Trinajstić information content (AvgIpc) is 3.51. The molecule has 27 heavy (non-hydrogen) atoms. The molecular formula is C21H14N4OS. The normalized spacial score (nSPS) is 11.0.